The number of nitrogens with one attached hydrogen (secondary N) is 1. The summed E-state index contributed by atoms with van der Waals surface area (Å²) in [4.78, 5) is 37.7. The van der Waals surface area contributed by atoms with Gasteiger partial charge in [-0.2, -0.15) is 0 Å². The first kappa shape index (κ1) is 19.0. The molecule has 1 N–H and O–H groups in total. The summed E-state index contributed by atoms with van der Waals surface area (Å²) in [5, 5.41) is 2.69. The third-order valence-electron chi connectivity index (χ3n) is 4.26. The van der Waals surface area contributed by atoms with Crippen LogP contribution in [-0.4, -0.2) is 35.5 Å². The number of amides is 3. The Hall–Kier alpha value is -2.37. The van der Waals surface area contributed by atoms with Gasteiger partial charge in [0.1, 0.15) is 12.1 Å². The molecule has 1 aliphatic rings. The first-order chi connectivity index (χ1) is 11.4. The highest BCUT2D eigenvalue weighted by Gasteiger charge is 2.49. The lowest BCUT2D eigenvalue weighted by Gasteiger charge is -2.24. The van der Waals surface area contributed by atoms with Crippen molar-refractivity contribution in [3.63, 3.8) is 0 Å². The van der Waals surface area contributed by atoms with Crippen LogP contribution in [-0.2, 0) is 25.3 Å². The molecule has 25 heavy (non-hydrogen) atoms. The molecule has 1 aromatic carbocycles. The molecule has 6 nitrogen and oxygen atoms in total. The monoisotopic (exact) mass is 346 g/mol. The second-order valence-corrected chi connectivity index (χ2v) is 7.81. The zero-order valence-corrected chi connectivity index (χ0v) is 15.7. The number of benzene rings is 1. The van der Waals surface area contributed by atoms with Gasteiger partial charge in [-0.05, 0) is 37.3 Å². The molecule has 1 unspecified atom stereocenters. The van der Waals surface area contributed by atoms with Crippen molar-refractivity contribution in [2.45, 2.75) is 58.6 Å². The molecular weight excluding hydrogens is 320 g/mol. The Morgan fingerprint density at radius 2 is 1.76 bits per heavy atom. The fraction of sp³-hybridized carbons (Fsp3) is 0.526. The van der Waals surface area contributed by atoms with Gasteiger partial charge in [-0.15, -0.1) is 0 Å². The number of nitrogens with zero attached hydrogens (tertiary/aromatic N) is 1. The van der Waals surface area contributed by atoms with E-state index in [1.54, 1.807) is 20.8 Å². The zero-order chi connectivity index (χ0) is 19.0. The molecular formula is C19H26N2O4. The van der Waals surface area contributed by atoms with E-state index in [1.165, 1.54) is 0 Å². The standard InChI is InChI=1S/C19H26N2O4/c1-12(2)25-15(22)11-21-16(23)19(6,20-17(21)24)14-9-7-13(8-10-14)18(3,4)5/h7-10,12H,11H2,1-6H3,(H,20,24). The number of hydrogen-bond donors (Lipinski definition) is 1. The largest absolute Gasteiger partial charge is 0.462 e. The summed E-state index contributed by atoms with van der Waals surface area (Å²) in [6.45, 7) is 11.0. The van der Waals surface area contributed by atoms with Gasteiger partial charge in [0.15, 0.2) is 0 Å². The number of urea groups is 1. The normalized spacial score (nSPS) is 20.8. The maximum Gasteiger partial charge on any atom is 0.326 e. The Kier molecular flexibility index (Phi) is 4.93. The van der Waals surface area contributed by atoms with Crippen molar-refractivity contribution >= 4 is 17.9 Å². The molecule has 1 saturated heterocycles. The lowest BCUT2D eigenvalue weighted by molar-refractivity contribution is -0.150. The highest BCUT2D eigenvalue weighted by atomic mass is 16.5. The van der Waals surface area contributed by atoms with Crippen molar-refractivity contribution in [1.29, 1.82) is 0 Å². The molecule has 0 aromatic heterocycles. The Labute approximate surface area is 148 Å². The van der Waals surface area contributed by atoms with Gasteiger partial charge >= 0.3 is 12.0 Å². The van der Waals surface area contributed by atoms with E-state index in [9.17, 15) is 14.4 Å². The van der Waals surface area contributed by atoms with Crippen LogP contribution in [0.1, 0.15) is 52.7 Å². The van der Waals surface area contributed by atoms with Crippen molar-refractivity contribution in [1.82, 2.24) is 10.2 Å². The number of ether oxygens (including phenoxy) is 1. The van der Waals surface area contributed by atoms with Crippen LogP contribution in [0.15, 0.2) is 24.3 Å². The van der Waals surface area contributed by atoms with Gasteiger partial charge in [0.05, 0.1) is 6.10 Å². The Balaban J connectivity index is 2.23. The molecule has 1 aliphatic heterocycles. The van der Waals surface area contributed by atoms with Gasteiger partial charge in [-0.3, -0.25) is 14.5 Å². The van der Waals surface area contributed by atoms with E-state index in [-0.39, 0.29) is 11.5 Å². The van der Waals surface area contributed by atoms with Crippen molar-refractivity contribution < 1.29 is 19.1 Å². The van der Waals surface area contributed by atoms with Crippen LogP contribution >= 0.6 is 0 Å². The topological polar surface area (TPSA) is 75.7 Å². The Bertz CT molecular complexity index is 688. The minimum Gasteiger partial charge on any atom is -0.462 e. The van der Waals surface area contributed by atoms with Crippen LogP contribution in [0, 0.1) is 0 Å². The second kappa shape index (κ2) is 6.50. The number of esters is 1. The number of rotatable bonds is 4. The molecule has 3 amide bonds. The van der Waals surface area contributed by atoms with E-state index >= 15 is 0 Å². The second-order valence-electron chi connectivity index (χ2n) is 7.81. The highest BCUT2D eigenvalue weighted by molar-refractivity contribution is 6.08. The molecule has 136 valence electrons. The first-order valence-corrected chi connectivity index (χ1v) is 8.40. The van der Waals surface area contributed by atoms with Crippen molar-refractivity contribution in [2.24, 2.45) is 0 Å². The molecule has 0 radical (unpaired) electrons. The molecule has 1 atom stereocenters. The number of imide groups is 1. The van der Waals surface area contributed by atoms with Crippen LogP contribution in [0.5, 0.6) is 0 Å². The summed E-state index contributed by atoms with van der Waals surface area (Å²) in [5.74, 6) is -1.06. The molecule has 0 bridgehead atoms. The number of carbonyl (C=O) groups is 3. The average Bonchev–Trinajstić information content (AvgIpc) is 2.70. The van der Waals surface area contributed by atoms with Gasteiger partial charge in [0.2, 0.25) is 0 Å². The van der Waals surface area contributed by atoms with Crippen molar-refractivity contribution in [3.05, 3.63) is 35.4 Å². The van der Waals surface area contributed by atoms with E-state index in [0.29, 0.717) is 5.56 Å². The molecule has 1 heterocycles. The van der Waals surface area contributed by atoms with Gasteiger partial charge in [0, 0.05) is 0 Å². The van der Waals surface area contributed by atoms with E-state index in [2.05, 4.69) is 26.1 Å². The smallest absolute Gasteiger partial charge is 0.326 e. The van der Waals surface area contributed by atoms with Gasteiger partial charge < -0.3 is 10.1 Å². The molecule has 1 fully saturated rings. The number of carbonyl (C=O) groups excluding carboxylic acids is 3. The Morgan fingerprint density at radius 3 is 2.24 bits per heavy atom. The maximum absolute atomic E-state index is 12.8. The van der Waals surface area contributed by atoms with E-state index in [4.69, 9.17) is 4.74 Å². The van der Waals surface area contributed by atoms with Crippen LogP contribution in [0.3, 0.4) is 0 Å². The zero-order valence-electron chi connectivity index (χ0n) is 15.7. The quantitative estimate of drug-likeness (QED) is 0.672. The summed E-state index contributed by atoms with van der Waals surface area (Å²) in [7, 11) is 0. The minimum atomic E-state index is -1.19. The summed E-state index contributed by atoms with van der Waals surface area (Å²) >= 11 is 0. The predicted molar refractivity (Wildman–Crippen MR) is 94.0 cm³/mol. The summed E-state index contributed by atoms with van der Waals surface area (Å²) in [6.07, 6.45) is -0.301. The number of hydrogen-bond acceptors (Lipinski definition) is 4. The SMILES string of the molecule is CC(C)OC(=O)CN1C(=O)NC(C)(c2ccc(C(C)(C)C)cc2)C1=O. The fourth-order valence-electron chi connectivity index (χ4n) is 2.77. The lowest BCUT2D eigenvalue weighted by atomic mass is 9.84. The molecule has 0 saturated carbocycles. The van der Waals surface area contributed by atoms with E-state index in [0.717, 1.165) is 10.5 Å². The minimum absolute atomic E-state index is 0.00495. The molecule has 2 rings (SSSR count). The lowest BCUT2D eigenvalue weighted by Crippen LogP contribution is -2.41. The van der Waals surface area contributed by atoms with Gasteiger partial charge in [0.25, 0.3) is 5.91 Å². The van der Waals surface area contributed by atoms with Gasteiger partial charge in [-0.25, -0.2) is 4.79 Å². The molecule has 6 heteroatoms. The third kappa shape index (κ3) is 3.83. The molecule has 0 spiro atoms. The van der Waals surface area contributed by atoms with Crippen LogP contribution < -0.4 is 5.32 Å². The summed E-state index contributed by atoms with van der Waals surface area (Å²) in [5.41, 5.74) is 0.619. The molecule has 0 aliphatic carbocycles. The predicted octanol–water partition coefficient (Wildman–Crippen LogP) is 2.70. The first-order valence-electron chi connectivity index (χ1n) is 8.40. The third-order valence-corrected chi connectivity index (χ3v) is 4.26. The fourth-order valence-corrected chi connectivity index (χ4v) is 2.77. The molecule has 1 aromatic rings. The van der Waals surface area contributed by atoms with Crippen LogP contribution in [0.4, 0.5) is 4.79 Å². The summed E-state index contributed by atoms with van der Waals surface area (Å²) in [6, 6.07) is 7.00. The Morgan fingerprint density at radius 1 is 1.20 bits per heavy atom. The van der Waals surface area contributed by atoms with E-state index < -0.39 is 30.0 Å². The van der Waals surface area contributed by atoms with Crippen LogP contribution in [0.2, 0.25) is 0 Å². The average molecular weight is 346 g/mol. The van der Waals surface area contributed by atoms with Gasteiger partial charge in [-0.1, -0.05) is 45.0 Å². The summed E-state index contributed by atoms with van der Waals surface area (Å²) < 4.78 is 5.02. The van der Waals surface area contributed by atoms with E-state index in [1.807, 2.05) is 24.3 Å². The van der Waals surface area contributed by atoms with Crippen LogP contribution in [0.25, 0.3) is 0 Å². The van der Waals surface area contributed by atoms with Crippen molar-refractivity contribution in [3.8, 4) is 0 Å². The maximum atomic E-state index is 12.8. The van der Waals surface area contributed by atoms with Crippen molar-refractivity contribution in [2.75, 3.05) is 6.54 Å². The highest BCUT2D eigenvalue weighted by Crippen LogP contribution is 2.31.